The monoisotopic (exact) mass is 317 g/mol. The van der Waals surface area contributed by atoms with Crippen molar-refractivity contribution in [3.05, 3.63) is 28.5 Å². The quantitative estimate of drug-likeness (QED) is 0.344. The van der Waals surface area contributed by atoms with Crippen molar-refractivity contribution < 1.29 is 14.4 Å². The summed E-state index contributed by atoms with van der Waals surface area (Å²) in [5, 5.41) is 13.7. The van der Waals surface area contributed by atoms with Crippen molar-refractivity contribution in [2.45, 2.75) is 13.3 Å². The summed E-state index contributed by atoms with van der Waals surface area (Å²) in [4.78, 5) is 11.8. The highest BCUT2D eigenvalue weighted by Gasteiger charge is 2.22. The SMILES string of the molecule is CCC(C(=O)Nc1ccc(Br)cc1F)C(N)=NO. The normalized spacial score (nSPS) is 13.2. The molecule has 7 heteroatoms. The molecule has 0 saturated heterocycles. The molecule has 0 spiro atoms. The Morgan fingerprint density at radius 1 is 1.67 bits per heavy atom. The minimum Gasteiger partial charge on any atom is -0.409 e. The van der Waals surface area contributed by atoms with Crippen LogP contribution in [0.4, 0.5) is 10.1 Å². The van der Waals surface area contributed by atoms with E-state index in [1.807, 2.05) is 0 Å². The van der Waals surface area contributed by atoms with Gasteiger partial charge in [0.15, 0.2) is 5.84 Å². The summed E-state index contributed by atoms with van der Waals surface area (Å²) in [5.74, 6) is -2.08. The Labute approximate surface area is 112 Å². The minimum absolute atomic E-state index is 0.0485. The number of carbonyl (C=O) groups excluding carboxylic acids is 1. The number of carbonyl (C=O) groups is 1. The molecule has 0 bridgehead atoms. The maximum atomic E-state index is 13.5. The van der Waals surface area contributed by atoms with Crippen LogP contribution in [0.3, 0.4) is 0 Å². The van der Waals surface area contributed by atoms with Gasteiger partial charge < -0.3 is 16.3 Å². The Morgan fingerprint density at radius 2 is 2.33 bits per heavy atom. The zero-order chi connectivity index (χ0) is 13.7. The molecule has 0 fully saturated rings. The third-order valence-electron chi connectivity index (χ3n) is 2.39. The van der Waals surface area contributed by atoms with Gasteiger partial charge in [-0.25, -0.2) is 4.39 Å². The number of hydrogen-bond acceptors (Lipinski definition) is 3. The lowest BCUT2D eigenvalue weighted by atomic mass is 10.0. The highest BCUT2D eigenvalue weighted by atomic mass is 79.9. The number of amides is 1. The number of oxime groups is 1. The molecule has 1 aromatic rings. The first-order valence-electron chi connectivity index (χ1n) is 5.23. The van der Waals surface area contributed by atoms with Gasteiger partial charge in [-0.3, -0.25) is 4.79 Å². The van der Waals surface area contributed by atoms with Gasteiger partial charge in [0.25, 0.3) is 0 Å². The lowest BCUT2D eigenvalue weighted by Crippen LogP contribution is -2.34. The van der Waals surface area contributed by atoms with E-state index in [2.05, 4.69) is 26.4 Å². The summed E-state index contributed by atoms with van der Waals surface area (Å²) in [6.07, 6.45) is 0.347. The van der Waals surface area contributed by atoms with Gasteiger partial charge in [-0.1, -0.05) is 28.0 Å². The lowest BCUT2D eigenvalue weighted by molar-refractivity contribution is -0.118. The summed E-state index contributed by atoms with van der Waals surface area (Å²) >= 11 is 3.11. The summed E-state index contributed by atoms with van der Waals surface area (Å²) in [6, 6.07) is 4.26. The molecule has 1 unspecified atom stereocenters. The van der Waals surface area contributed by atoms with Crippen LogP contribution in [0.1, 0.15) is 13.3 Å². The number of anilines is 1. The molecule has 4 N–H and O–H groups in total. The molecule has 98 valence electrons. The molecule has 18 heavy (non-hydrogen) atoms. The van der Waals surface area contributed by atoms with E-state index in [0.717, 1.165) is 0 Å². The van der Waals surface area contributed by atoms with Gasteiger partial charge >= 0.3 is 0 Å². The van der Waals surface area contributed by atoms with Crippen LogP contribution in [0.5, 0.6) is 0 Å². The summed E-state index contributed by atoms with van der Waals surface area (Å²) in [6.45, 7) is 1.71. The van der Waals surface area contributed by atoms with Crippen molar-refractivity contribution in [2.24, 2.45) is 16.8 Å². The van der Waals surface area contributed by atoms with Crippen molar-refractivity contribution in [3.8, 4) is 0 Å². The van der Waals surface area contributed by atoms with Gasteiger partial charge in [-0.05, 0) is 24.6 Å². The van der Waals surface area contributed by atoms with Crippen LogP contribution in [-0.2, 0) is 4.79 Å². The summed E-state index contributed by atoms with van der Waals surface area (Å²) < 4.78 is 14.1. The van der Waals surface area contributed by atoms with Crippen LogP contribution in [0.15, 0.2) is 27.8 Å². The van der Waals surface area contributed by atoms with E-state index in [1.165, 1.54) is 12.1 Å². The van der Waals surface area contributed by atoms with Crippen LogP contribution in [0.2, 0.25) is 0 Å². The predicted molar refractivity (Wildman–Crippen MR) is 69.9 cm³/mol. The Kier molecular flexibility index (Phi) is 5.08. The molecule has 1 rings (SSSR count). The Morgan fingerprint density at radius 3 is 2.83 bits per heavy atom. The third-order valence-corrected chi connectivity index (χ3v) is 2.88. The first-order chi connectivity index (χ1) is 8.49. The standard InChI is InChI=1S/C11H13BrFN3O2/c1-2-7(10(14)16-18)11(17)15-9-4-3-6(12)5-8(9)13/h3-5,7,18H,2H2,1H3,(H2,14,16)(H,15,17). The predicted octanol–water partition coefficient (Wildman–Crippen LogP) is 2.30. The molecule has 0 aliphatic rings. The molecule has 1 atom stereocenters. The van der Waals surface area contributed by atoms with Crippen LogP contribution in [-0.4, -0.2) is 17.0 Å². The lowest BCUT2D eigenvalue weighted by Gasteiger charge is -2.13. The van der Waals surface area contributed by atoms with E-state index < -0.39 is 17.6 Å². The largest absolute Gasteiger partial charge is 0.409 e. The van der Waals surface area contributed by atoms with E-state index in [0.29, 0.717) is 10.9 Å². The molecule has 1 aromatic carbocycles. The molecule has 0 aromatic heterocycles. The van der Waals surface area contributed by atoms with Crippen LogP contribution in [0.25, 0.3) is 0 Å². The van der Waals surface area contributed by atoms with Crippen molar-refractivity contribution >= 4 is 33.4 Å². The van der Waals surface area contributed by atoms with E-state index in [1.54, 1.807) is 13.0 Å². The Bertz CT molecular complexity index is 479. The van der Waals surface area contributed by atoms with Crippen molar-refractivity contribution in [1.82, 2.24) is 0 Å². The van der Waals surface area contributed by atoms with Gasteiger partial charge in [0.05, 0.1) is 11.6 Å². The maximum absolute atomic E-state index is 13.5. The number of benzene rings is 1. The number of rotatable bonds is 4. The fourth-order valence-electron chi connectivity index (χ4n) is 1.41. The molecule has 0 aliphatic heterocycles. The van der Waals surface area contributed by atoms with Gasteiger partial charge in [0.1, 0.15) is 5.82 Å². The molecule has 0 aliphatic carbocycles. The summed E-state index contributed by atoms with van der Waals surface area (Å²) in [7, 11) is 0. The van der Waals surface area contributed by atoms with Crippen molar-refractivity contribution in [3.63, 3.8) is 0 Å². The van der Waals surface area contributed by atoms with E-state index >= 15 is 0 Å². The topological polar surface area (TPSA) is 87.7 Å². The average molecular weight is 318 g/mol. The molecule has 5 nitrogen and oxygen atoms in total. The molecule has 0 radical (unpaired) electrons. The minimum atomic E-state index is -0.793. The average Bonchev–Trinajstić information content (AvgIpc) is 2.33. The van der Waals surface area contributed by atoms with E-state index in [4.69, 9.17) is 10.9 Å². The number of amidine groups is 1. The van der Waals surface area contributed by atoms with Gasteiger partial charge in [0.2, 0.25) is 5.91 Å². The van der Waals surface area contributed by atoms with Gasteiger partial charge in [-0.2, -0.15) is 0 Å². The molecule has 0 saturated carbocycles. The van der Waals surface area contributed by atoms with Crippen molar-refractivity contribution in [2.75, 3.05) is 5.32 Å². The fourth-order valence-corrected chi connectivity index (χ4v) is 1.74. The second-order valence-corrected chi connectivity index (χ2v) is 4.51. The molecular weight excluding hydrogens is 305 g/mol. The number of nitrogens with zero attached hydrogens (tertiary/aromatic N) is 1. The highest BCUT2D eigenvalue weighted by Crippen LogP contribution is 2.20. The number of hydrogen-bond donors (Lipinski definition) is 3. The van der Waals surface area contributed by atoms with Gasteiger partial charge in [0, 0.05) is 4.47 Å². The molecule has 1 amide bonds. The highest BCUT2D eigenvalue weighted by molar-refractivity contribution is 9.10. The van der Waals surface area contributed by atoms with E-state index in [-0.39, 0.29) is 11.5 Å². The number of nitrogens with two attached hydrogens (primary N) is 1. The van der Waals surface area contributed by atoms with Crippen LogP contribution in [0, 0.1) is 11.7 Å². The van der Waals surface area contributed by atoms with Gasteiger partial charge in [-0.15, -0.1) is 0 Å². The third kappa shape index (κ3) is 3.43. The van der Waals surface area contributed by atoms with Crippen molar-refractivity contribution in [1.29, 1.82) is 0 Å². The second kappa shape index (κ2) is 6.34. The smallest absolute Gasteiger partial charge is 0.235 e. The Balaban J connectivity index is 2.86. The molecular formula is C11H13BrFN3O2. The molecule has 0 heterocycles. The second-order valence-electron chi connectivity index (χ2n) is 3.60. The number of nitrogens with one attached hydrogen (secondary N) is 1. The maximum Gasteiger partial charge on any atom is 0.235 e. The van der Waals surface area contributed by atoms with E-state index in [9.17, 15) is 9.18 Å². The zero-order valence-electron chi connectivity index (χ0n) is 9.65. The summed E-state index contributed by atoms with van der Waals surface area (Å²) in [5.41, 5.74) is 5.43. The first kappa shape index (κ1) is 14.4. The van der Waals surface area contributed by atoms with Crippen LogP contribution >= 0.6 is 15.9 Å². The Hall–Kier alpha value is -1.63. The number of halogens is 2. The fraction of sp³-hybridized carbons (Fsp3) is 0.273. The van der Waals surface area contributed by atoms with Crippen LogP contribution < -0.4 is 11.1 Å². The zero-order valence-corrected chi connectivity index (χ0v) is 11.2. The first-order valence-corrected chi connectivity index (χ1v) is 6.02.